The van der Waals surface area contributed by atoms with Crippen LogP contribution in [-0.4, -0.2) is 23.2 Å². The maximum absolute atomic E-state index is 12.4. The van der Waals surface area contributed by atoms with E-state index in [0.717, 1.165) is 6.07 Å². The van der Waals surface area contributed by atoms with Gasteiger partial charge in [-0.2, -0.15) is 13.2 Å². The molecule has 1 rings (SSSR count). The Morgan fingerprint density at radius 2 is 2.06 bits per heavy atom. The van der Waals surface area contributed by atoms with Crippen molar-refractivity contribution in [2.75, 3.05) is 18.5 Å². The van der Waals surface area contributed by atoms with Crippen LogP contribution in [0.3, 0.4) is 0 Å². The largest absolute Gasteiger partial charge is 0.433 e. The van der Waals surface area contributed by atoms with Crippen molar-refractivity contribution in [1.29, 1.82) is 0 Å². The Balaban J connectivity index is 3.01. The van der Waals surface area contributed by atoms with Gasteiger partial charge in [0.2, 0.25) is 0 Å². The van der Waals surface area contributed by atoms with Gasteiger partial charge in [0.05, 0.1) is 6.61 Å². The smallest absolute Gasteiger partial charge is 0.395 e. The summed E-state index contributed by atoms with van der Waals surface area (Å²) in [6.45, 7) is 0.0160. The highest BCUT2D eigenvalue weighted by Crippen LogP contribution is 2.29. The molecule has 1 heterocycles. The van der Waals surface area contributed by atoms with E-state index >= 15 is 0 Å². The summed E-state index contributed by atoms with van der Waals surface area (Å²) in [5.74, 6) is 0.0615. The van der Waals surface area contributed by atoms with Crippen molar-refractivity contribution < 1.29 is 18.3 Å². The first-order chi connectivity index (χ1) is 7.49. The fraction of sp³-hybridized carbons (Fsp3) is 0.444. The number of pyridine rings is 1. The quantitative estimate of drug-likeness (QED) is 0.727. The van der Waals surface area contributed by atoms with Crippen LogP contribution < -0.4 is 11.1 Å². The summed E-state index contributed by atoms with van der Waals surface area (Å²) in [5, 5.41) is 11.2. The number of nitrogens with one attached hydrogen (secondary N) is 1. The van der Waals surface area contributed by atoms with Crippen LogP contribution in [0.5, 0.6) is 0 Å². The first-order valence-corrected chi connectivity index (χ1v) is 4.61. The Hall–Kier alpha value is -1.34. The zero-order valence-electron chi connectivity index (χ0n) is 8.38. The number of aliphatic hydroxyl groups excluding tert-OH is 1. The fourth-order valence-electron chi connectivity index (χ4n) is 1.14. The van der Waals surface area contributed by atoms with Crippen molar-refractivity contribution in [3.63, 3.8) is 0 Å². The minimum atomic E-state index is -4.48. The molecule has 0 spiro atoms. The number of alkyl halides is 3. The van der Waals surface area contributed by atoms with E-state index in [-0.39, 0.29) is 25.5 Å². The maximum atomic E-state index is 12.4. The third kappa shape index (κ3) is 3.07. The molecule has 0 unspecified atom stereocenters. The second-order valence-corrected chi connectivity index (χ2v) is 3.06. The number of aromatic nitrogens is 1. The molecule has 16 heavy (non-hydrogen) atoms. The third-order valence-corrected chi connectivity index (χ3v) is 1.89. The van der Waals surface area contributed by atoms with Crippen molar-refractivity contribution in [1.82, 2.24) is 4.98 Å². The minimum absolute atomic E-state index is 0.0615. The van der Waals surface area contributed by atoms with Gasteiger partial charge < -0.3 is 16.2 Å². The van der Waals surface area contributed by atoms with E-state index < -0.39 is 11.9 Å². The molecule has 0 radical (unpaired) electrons. The highest BCUT2D eigenvalue weighted by atomic mass is 19.4. The number of nitrogens with zero attached hydrogens (tertiary/aromatic N) is 1. The molecule has 7 heteroatoms. The lowest BCUT2D eigenvalue weighted by atomic mass is 10.2. The van der Waals surface area contributed by atoms with Crippen LogP contribution in [-0.2, 0) is 12.7 Å². The second kappa shape index (κ2) is 5.13. The standard InChI is InChI=1S/C9H12F3N3O/c10-9(11,12)7-2-1-6(5-13)8(15-7)14-3-4-16/h1-2,16H,3-5,13H2,(H,14,15). The summed E-state index contributed by atoms with van der Waals surface area (Å²) in [6, 6.07) is 2.15. The lowest BCUT2D eigenvalue weighted by molar-refractivity contribution is -0.141. The molecule has 4 nitrogen and oxygen atoms in total. The number of halogens is 3. The van der Waals surface area contributed by atoms with E-state index in [0.29, 0.717) is 5.56 Å². The van der Waals surface area contributed by atoms with Crippen LogP contribution in [0.15, 0.2) is 12.1 Å². The van der Waals surface area contributed by atoms with E-state index in [1.165, 1.54) is 6.07 Å². The number of hydrogen-bond donors (Lipinski definition) is 3. The Morgan fingerprint density at radius 3 is 2.56 bits per heavy atom. The molecule has 0 saturated carbocycles. The van der Waals surface area contributed by atoms with E-state index in [2.05, 4.69) is 10.3 Å². The fourth-order valence-corrected chi connectivity index (χ4v) is 1.14. The number of aliphatic hydroxyl groups is 1. The number of hydrogen-bond acceptors (Lipinski definition) is 4. The van der Waals surface area contributed by atoms with Gasteiger partial charge in [0, 0.05) is 18.7 Å². The topological polar surface area (TPSA) is 71.2 Å². The van der Waals surface area contributed by atoms with Crippen LogP contribution in [0.4, 0.5) is 19.0 Å². The van der Waals surface area contributed by atoms with Crippen molar-refractivity contribution in [3.8, 4) is 0 Å². The highest BCUT2D eigenvalue weighted by molar-refractivity contribution is 5.45. The SMILES string of the molecule is NCc1ccc(C(F)(F)F)nc1NCCO. The Kier molecular flexibility index (Phi) is 4.08. The molecule has 0 atom stereocenters. The molecule has 0 aliphatic heterocycles. The summed E-state index contributed by atoms with van der Waals surface area (Å²) in [4.78, 5) is 3.43. The summed E-state index contributed by atoms with van der Waals surface area (Å²) < 4.78 is 37.1. The molecule has 90 valence electrons. The molecular formula is C9H12F3N3O. The van der Waals surface area contributed by atoms with E-state index in [1.807, 2.05) is 0 Å². The van der Waals surface area contributed by atoms with Crippen molar-refractivity contribution >= 4 is 5.82 Å². The van der Waals surface area contributed by atoms with Crippen LogP contribution in [0.1, 0.15) is 11.3 Å². The molecule has 0 saturated heterocycles. The van der Waals surface area contributed by atoms with Gasteiger partial charge in [-0.1, -0.05) is 6.07 Å². The van der Waals surface area contributed by atoms with Gasteiger partial charge in [-0.25, -0.2) is 4.98 Å². The lowest BCUT2D eigenvalue weighted by Crippen LogP contribution is -2.15. The Morgan fingerprint density at radius 1 is 1.38 bits per heavy atom. The van der Waals surface area contributed by atoms with Crippen molar-refractivity contribution in [2.24, 2.45) is 5.73 Å². The van der Waals surface area contributed by atoms with Crippen LogP contribution in [0.2, 0.25) is 0 Å². The van der Waals surface area contributed by atoms with Crippen molar-refractivity contribution in [3.05, 3.63) is 23.4 Å². The monoisotopic (exact) mass is 235 g/mol. The molecule has 4 N–H and O–H groups in total. The maximum Gasteiger partial charge on any atom is 0.433 e. The predicted molar refractivity (Wildman–Crippen MR) is 52.7 cm³/mol. The normalized spacial score (nSPS) is 11.6. The van der Waals surface area contributed by atoms with Crippen LogP contribution >= 0.6 is 0 Å². The van der Waals surface area contributed by atoms with Crippen LogP contribution in [0.25, 0.3) is 0 Å². The number of rotatable bonds is 4. The zero-order valence-corrected chi connectivity index (χ0v) is 8.38. The average Bonchev–Trinajstić information content (AvgIpc) is 2.24. The van der Waals surface area contributed by atoms with E-state index in [4.69, 9.17) is 10.8 Å². The minimum Gasteiger partial charge on any atom is -0.395 e. The van der Waals surface area contributed by atoms with Gasteiger partial charge >= 0.3 is 6.18 Å². The molecule has 1 aromatic heterocycles. The van der Waals surface area contributed by atoms with Gasteiger partial charge in [0.25, 0.3) is 0 Å². The van der Waals surface area contributed by atoms with Gasteiger partial charge in [0.15, 0.2) is 0 Å². The highest BCUT2D eigenvalue weighted by Gasteiger charge is 2.32. The summed E-state index contributed by atoms with van der Waals surface area (Å²) >= 11 is 0. The van der Waals surface area contributed by atoms with Gasteiger partial charge in [-0.05, 0) is 6.07 Å². The molecule has 0 fully saturated rings. The van der Waals surface area contributed by atoms with E-state index in [1.54, 1.807) is 0 Å². The van der Waals surface area contributed by atoms with Gasteiger partial charge in [-0.15, -0.1) is 0 Å². The lowest BCUT2D eigenvalue weighted by Gasteiger charge is -2.12. The number of anilines is 1. The third-order valence-electron chi connectivity index (χ3n) is 1.89. The molecule has 0 aliphatic carbocycles. The van der Waals surface area contributed by atoms with Crippen LogP contribution in [0, 0.1) is 0 Å². The molecular weight excluding hydrogens is 223 g/mol. The molecule has 0 bridgehead atoms. The van der Waals surface area contributed by atoms with Gasteiger partial charge in [0.1, 0.15) is 11.5 Å². The van der Waals surface area contributed by atoms with Gasteiger partial charge in [-0.3, -0.25) is 0 Å². The summed E-state index contributed by atoms with van der Waals surface area (Å²) in [5.41, 5.74) is 4.85. The summed E-state index contributed by atoms with van der Waals surface area (Å²) in [7, 11) is 0. The Labute approximate surface area is 90.3 Å². The van der Waals surface area contributed by atoms with Crippen molar-refractivity contribution in [2.45, 2.75) is 12.7 Å². The predicted octanol–water partition coefficient (Wildman–Crippen LogP) is 0.963. The zero-order chi connectivity index (χ0) is 12.2. The Bertz CT molecular complexity index is 354. The molecule has 0 aromatic carbocycles. The first-order valence-electron chi connectivity index (χ1n) is 4.61. The number of nitrogens with two attached hydrogens (primary N) is 1. The van der Waals surface area contributed by atoms with E-state index in [9.17, 15) is 13.2 Å². The molecule has 0 amide bonds. The molecule has 1 aromatic rings. The summed E-state index contributed by atoms with van der Waals surface area (Å²) in [6.07, 6.45) is -4.48. The average molecular weight is 235 g/mol. The first kappa shape index (κ1) is 12.7. The second-order valence-electron chi connectivity index (χ2n) is 3.06. The molecule has 0 aliphatic rings.